The van der Waals surface area contributed by atoms with Crippen molar-refractivity contribution in [2.75, 3.05) is 13.7 Å². The molecule has 2 aromatic rings. The van der Waals surface area contributed by atoms with E-state index in [1.807, 2.05) is 23.9 Å². The molecule has 1 saturated carbocycles. The van der Waals surface area contributed by atoms with Crippen LogP contribution in [0.25, 0.3) is 0 Å². The van der Waals surface area contributed by atoms with Crippen LogP contribution in [-0.4, -0.2) is 32.9 Å². The Hall–Kier alpha value is -1.66. The molecule has 0 spiro atoms. The summed E-state index contributed by atoms with van der Waals surface area (Å²) < 4.78 is 10.2. The van der Waals surface area contributed by atoms with E-state index in [4.69, 9.17) is 22.1 Å². The molecule has 1 aromatic heterocycles. The summed E-state index contributed by atoms with van der Waals surface area (Å²) in [4.78, 5) is 2.49. The largest absolute Gasteiger partial charge is 0.497 e. The fraction of sp³-hybridized carbons (Fsp3) is 0.556. The second-order valence-corrected chi connectivity index (χ2v) is 7.22. The minimum Gasteiger partial charge on any atom is -0.497 e. The van der Waals surface area contributed by atoms with Gasteiger partial charge in [-0.05, 0) is 55.6 Å². The van der Waals surface area contributed by atoms with Crippen molar-refractivity contribution in [1.29, 1.82) is 0 Å². The van der Waals surface area contributed by atoms with E-state index >= 15 is 0 Å². The molecule has 4 rings (SSSR count). The number of hydrogen-bond donors (Lipinski definition) is 0. The SMILES string of the molecule is COc1ccc([C@H]2CCCN2Cn2nc(C3CC3)n(C)c2=S)cc1. The van der Waals surface area contributed by atoms with Crippen molar-refractivity contribution in [1.82, 2.24) is 19.2 Å². The molecular weight excluding hydrogens is 320 g/mol. The van der Waals surface area contributed by atoms with Gasteiger partial charge in [0.05, 0.1) is 13.8 Å². The Balaban J connectivity index is 1.55. The first-order valence-electron chi connectivity index (χ1n) is 8.69. The van der Waals surface area contributed by atoms with Crippen LogP contribution in [-0.2, 0) is 13.7 Å². The van der Waals surface area contributed by atoms with Crippen molar-refractivity contribution in [3.63, 3.8) is 0 Å². The zero-order chi connectivity index (χ0) is 16.7. The summed E-state index contributed by atoms with van der Waals surface area (Å²) in [7, 11) is 3.75. The van der Waals surface area contributed by atoms with Crippen molar-refractivity contribution in [3.05, 3.63) is 40.4 Å². The van der Waals surface area contributed by atoms with E-state index in [1.54, 1.807) is 7.11 Å². The van der Waals surface area contributed by atoms with Crippen molar-refractivity contribution in [3.8, 4) is 5.75 Å². The average molecular weight is 344 g/mol. The molecule has 5 nitrogen and oxygen atoms in total. The van der Waals surface area contributed by atoms with Gasteiger partial charge in [-0.15, -0.1) is 0 Å². The van der Waals surface area contributed by atoms with E-state index in [2.05, 4.69) is 21.6 Å². The summed E-state index contributed by atoms with van der Waals surface area (Å²) in [5, 5.41) is 4.80. The Bertz CT molecular complexity index is 775. The van der Waals surface area contributed by atoms with Crippen molar-refractivity contribution < 1.29 is 4.74 Å². The second kappa shape index (κ2) is 6.33. The highest BCUT2D eigenvalue weighted by Gasteiger charge is 2.31. The highest BCUT2D eigenvalue weighted by atomic mass is 32.1. The van der Waals surface area contributed by atoms with Crippen LogP contribution in [0.1, 0.15) is 49.0 Å². The summed E-state index contributed by atoms with van der Waals surface area (Å²) >= 11 is 5.60. The standard InChI is InChI=1S/C18H24N4OS/c1-20-17(14-5-6-14)19-22(18(20)24)12-21-11-3-4-16(21)13-7-9-15(23-2)10-8-13/h7-10,14,16H,3-6,11-12H2,1-2H3/t16-/m1/s1. The molecule has 0 N–H and O–H groups in total. The van der Waals surface area contributed by atoms with Crippen LogP contribution in [0.5, 0.6) is 5.75 Å². The van der Waals surface area contributed by atoms with Gasteiger partial charge in [0.2, 0.25) is 0 Å². The van der Waals surface area contributed by atoms with E-state index in [9.17, 15) is 0 Å². The molecule has 0 radical (unpaired) electrons. The molecule has 0 amide bonds. The molecule has 1 saturated heterocycles. The molecule has 2 heterocycles. The summed E-state index contributed by atoms with van der Waals surface area (Å²) in [5.74, 6) is 2.68. The lowest BCUT2D eigenvalue weighted by molar-refractivity contribution is 0.189. The van der Waals surface area contributed by atoms with Crippen LogP contribution in [0.2, 0.25) is 0 Å². The van der Waals surface area contributed by atoms with Crippen LogP contribution < -0.4 is 4.74 Å². The molecule has 24 heavy (non-hydrogen) atoms. The Labute approximate surface area is 147 Å². The van der Waals surface area contributed by atoms with Gasteiger partial charge in [-0.2, -0.15) is 5.10 Å². The second-order valence-electron chi connectivity index (χ2n) is 6.86. The first-order valence-corrected chi connectivity index (χ1v) is 9.10. The molecule has 0 unspecified atom stereocenters. The van der Waals surface area contributed by atoms with Crippen molar-refractivity contribution in [2.45, 2.75) is 44.3 Å². The van der Waals surface area contributed by atoms with Crippen LogP contribution in [0.3, 0.4) is 0 Å². The van der Waals surface area contributed by atoms with Gasteiger partial charge in [-0.25, -0.2) is 4.68 Å². The van der Waals surface area contributed by atoms with Gasteiger partial charge in [0.15, 0.2) is 4.77 Å². The molecule has 1 aromatic carbocycles. The fourth-order valence-electron chi connectivity index (χ4n) is 3.66. The predicted octanol–water partition coefficient (Wildman–Crippen LogP) is 3.63. The Morgan fingerprint density at radius 2 is 1.96 bits per heavy atom. The van der Waals surface area contributed by atoms with E-state index in [0.717, 1.165) is 29.6 Å². The zero-order valence-corrected chi connectivity index (χ0v) is 15.1. The summed E-state index contributed by atoms with van der Waals surface area (Å²) in [5.41, 5.74) is 1.35. The third-order valence-electron chi connectivity index (χ3n) is 5.20. The molecule has 1 atom stereocenters. The molecule has 1 aliphatic carbocycles. The smallest absolute Gasteiger partial charge is 0.198 e. The Kier molecular flexibility index (Phi) is 4.18. The third-order valence-corrected chi connectivity index (χ3v) is 5.68. The van der Waals surface area contributed by atoms with E-state index in [1.165, 1.54) is 31.2 Å². The molecule has 0 bridgehead atoms. The number of aromatic nitrogens is 3. The van der Waals surface area contributed by atoms with Gasteiger partial charge in [0, 0.05) is 25.6 Å². The lowest BCUT2D eigenvalue weighted by atomic mass is 10.0. The normalized spacial score (nSPS) is 21.3. The molecule has 128 valence electrons. The first-order chi connectivity index (χ1) is 11.7. The van der Waals surface area contributed by atoms with E-state index in [-0.39, 0.29) is 0 Å². The summed E-state index contributed by atoms with van der Waals surface area (Å²) in [6, 6.07) is 8.88. The molecule has 1 aliphatic heterocycles. The number of rotatable bonds is 5. The lowest BCUT2D eigenvalue weighted by Crippen LogP contribution is -2.27. The zero-order valence-electron chi connectivity index (χ0n) is 14.3. The number of ether oxygens (including phenoxy) is 1. The number of hydrogen-bond acceptors (Lipinski definition) is 4. The highest BCUT2D eigenvalue weighted by molar-refractivity contribution is 7.71. The molecule has 6 heteroatoms. The van der Waals surface area contributed by atoms with Crippen molar-refractivity contribution >= 4 is 12.2 Å². The first kappa shape index (κ1) is 15.8. The lowest BCUT2D eigenvalue weighted by Gasteiger charge is -2.24. The fourth-order valence-corrected chi connectivity index (χ4v) is 3.86. The number of methoxy groups -OCH3 is 1. The monoisotopic (exact) mass is 344 g/mol. The van der Waals surface area contributed by atoms with Gasteiger partial charge >= 0.3 is 0 Å². The van der Waals surface area contributed by atoms with Gasteiger partial charge < -0.3 is 9.30 Å². The van der Waals surface area contributed by atoms with Crippen LogP contribution >= 0.6 is 12.2 Å². The molecule has 2 aliphatic rings. The van der Waals surface area contributed by atoms with Crippen LogP contribution in [0.4, 0.5) is 0 Å². The van der Waals surface area contributed by atoms with E-state index < -0.39 is 0 Å². The Morgan fingerprint density at radius 3 is 2.62 bits per heavy atom. The van der Waals surface area contributed by atoms with Crippen LogP contribution in [0, 0.1) is 4.77 Å². The molecular formula is C18H24N4OS. The summed E-state index contributed by atoms with van der Waals surface area (Å²) in [6.45, 7) is 1.86. The number of nitrogens with zero attached hydrogens (tertiary/aromatic N) is 4. The van der Waals surface area contributed by atoms with E-state index in [0.29, 0.717) is 12.0 Å². The third kappa shape index (κ3) is 2.89. The molecule has 2 fully saturated rings. The maximum atomic E-state index is 5.60. The average Bonchev–Trinajstić information content (AvgIpc) is 3.29. The summed E-state index contributed by atoms with van der Waals surface area (Å²) in [6.07, 6.45) is 4.89. The van der Waals surface area contributed by atoms with Gasteiger partial charge in [-0.3, -0.25) is 4.90 Å². The maximum Gasteiger partial charge on any atom is 0.198 e. The minimum atomic E-state index is 0.434. The predicted molar refractivity (Wildman–Crippen MR) is 95.7 cm³/mol. The number of benzene rings is 1. The van der Waals surface area contributed by atoms with Crippen molar-refractivity contribution in [2.24, 2.45) is 7.05 Å². The van der Waals surface area contributed by atoms with Crippen LogP contribution in [0.15, 0.2) is 24.3 Å². The van der Waals surface area contributed by atoms with Gasteiger partial charge in [0.1, 0.15) is 11.6 Å². The van der Waals surface area contributed by atoms with Gasteiger partial charge in [0.25, 0.3) is 0 Å². The highest BCUT2D eigenvalue weighted by Crippen LogP contribution is 2.39. The van der Waals surface area contributed by atoms with Gasteiger partial charge in [-0.1, -0.05) is 12.1 Å². The minimum absolute atomic E-state index is 0.434. The quantitative estimate of drug-likeness (QED) is 0.776. The Morgan fingerprint density at radius 1 is 1.21 bits per heavy atom. The topological polar surface area (TPSA) is 35.2 Å². The maximum absolute atomic E-state index is 5.60. The number of likely N-dealkylation sites (tertiary alicyclic amines) is 1.